The first-order valence-corrected chi connectivity index (χ1v) is 15.8. The first-order valence-electron chi connectivity index (χ1n) is 13.9. The summed E-state index contributed by atoms with van der Waals surface area (Å²) >= 11 is 0. The number of alkyl halides is 3. The van der Waals surface area contributed by atoms with Gasteiger partial charge in [-0.05, 0) is 117 Å². The van der Waals surface area contributed by atoms with E-state index < -0.39 is 51.3 Å². The van der Waals surface area contributed by atoms with Gasteiger partial charge in [-0.25, -0.2) is 17.2 Å². The molecule has 0 fully saturated rings. The number of hydrogen-bond donors (Lipinski definition) is 2. The molecule has 2 N–H and O–H groups in total. The van der Waals surface area contributed by atoms with E-state index in [9.17, 15) is 40.6 Å². The van der Waals surface area contributed by atoms with Crippen molar-refractivity contribution in [3.63, 3.8) is 0 Å². The van der Waals surface area contributed by atoms with Gasteiger partial charge in [0.15, 0.2) is 33.0 Å². The third-order valence-corrected chi connectivity index (χ3v) is 9.17. The average Bonchev–Trinajstić information content (AvgIpc) is 3.05. The van der Waals surface area contributed by atoms with E-state index in [1.165, 1.54) is 24.3 Å². The van der Waals surface area contributed by atoms with E-state index in [4.69, 9.17) is 0 Å². The van der Waals surface area contributed by atoms with E-state index in [1.54, 1.807) is 6.07 Å². The Kier molecular flexibility index (Phi) is 11.6. The van der Waals surface area contributed by atoms with Crippen LogP contribution < -0.4 is 0 Å². The van der Waals surface area contributed by atoms with Gasteiger partial charge in [0.25, 0.3) is 0 Å². The lowest BCUT2D eigenvalue weighted by molar-refractivity contribution is -0.129. The topological polar surface area (TPSA) is 77.8 Å². The normalized spacial score (nSPS) is 14.4. The molecule has 0 amide bonds. The largest absolute Gasteiger partial charge is 0.505 e. The number of unbranched alkanes of at least 4 members (excludes halogenated alkanes) is 3. The molecule has 2 aromatic rings. The number of rotatable bonds is 14. The Hall–Kier alpha value is -2.66. The van der Waals surface area contributed by atoms with Crippen molar-refractivity contribution in [1.82, 2.24) is 4.90 Å². The monoisotopic (exact) mass is 603 g/mol. The molecular formula is C30H38F5NO4S. The average molecular weight is 604 g/mol. The summed E-state index contributed by atoms with van der Waals surface area (Å²) in [5, 5.41) is 19.9. The summed E-state index contributed by atoms with van der Waals surface area (Å²) in [7, 11) is -1.88. The van der Waals surface area contributed by atoms with Crippen molar-refractivity contribution >= 4 is 21.0 Å². The van der Waals surface area contributed by atoms with E-state index >= 15 is 0 Å². The molecule has 228 valence electrons. The van der Waals surface area contributed by atoms with Gasteiger partial charge >= 0.3 is 6.18 Å². The molecule has 11 heteroatoms. The van der Waals surface area contributed by atoms with E-state index in [0.29, 0.717) is 31.4 Å². The predicted molar refractivity (Wildman–Crippen MR) is 150 cm³/mol. The maximum absolute atomic E-state index is 14.4. The lowest BCUT2D eigenvalue weighted by Crippen LogP contribution is -2.24. The molecule has 1 aliphatic rings. The Morgan fingerprint density at radius 1 is 0.854 bits per heavy atom. The van der Waals surface area contributed by atoms with E-state index in [2.05, 4.69) is 0 Å². The van der Waals surface area contributed by atoms with Crippen LogP contribution >= 0.6 is 0 Å². The molecule has 0 spiro atoms. The molecule has 0 saturated carbocycles. The number of hydrogen-bond acceptors (Lipinski definition) is 5. The first-order chi connectivity index (χ1) is 19.3. The second-order valence-corrected chi connectivity index (χ2v) is 13.1. The molecule has 41 heavy (non-hydrogen) atoms. The first kappa shape index (κ1) is 32.8. The summed E-state index contributed by atoms with van der Waals surface area (Å²) in [4.78, 5) is 1.97. The van der Waals surface area contributed by atoms with Gasteiger partial charge in [-0.1, -0.05) is 18.9 Å². The van der Waals surface area contributed by atoms with Gasteiger partial charge < -0.3 is 15.1 Å². The van der Waals surface area contributed by atoms with E-state index in [-0.39, 0.29) is 12.2 Å². The molecule has 5 nitrogen and oxygen atoms in total. The van der Waals surface area contributed by atoms with E-state index in [0.717, 1.165) is 60.9 Å². The number of halogens is 5. The zero-order valence-corrected chi connectivity index (χ0v) is 24.1. The SMILES string of the molecule is CN(CCCCCCC1=C(c2ccc(F)c(O)c2)CCCc2cc(O)c(F)cc21)CCCS(=O)(=O)CCC(F)(F)F. The van der Waals surface area contributed by atoms with Gasteiger partial charge in [0, 0.05) is 0 Å². The van der Waals surface area contributed by atoms with Crippen LogP contribution in [0.25, 0.3) is 11.1 Å². The maximum atomic E-state index is 14.4. The van der Waals surface area contributed by atoms with E-state index in [1.807, 2.05) is 11.9 Å². The van der Waals surface area contributed by atoms with Crippen LogP contribution in [0.4, 0.5) is 22.0 Å². The molecule has 2 aromatic carbocycles. The third kappa shape index (κ3) is 10.3. The van der Waals surface area contributed by atoms with Crippen LogP contribution in [0.2, 0.25) is 0 Å². The summed E-state index contributed by atoms with van der Waals surface area (Å²) < 4.78 is 88.7. The van der Waals surface area contributed by atoms with Crippen molar-refractivity contribution in [2.75, 3.05) is 31.6 Å². The van der Waals surface area contributed by atoms with Crippen LogP contribution in [0.15, 0.2) is 30.3 Å². The number of sulfone groups is 1. The quantitative estimate of drug-likeness (QED) is 0.176. The number of phenolic OH excluding ortho intramolecular Hbond substituents is 2. The molecule has 0 atom stereocenters. The summed E-state index contributed by atoms with van der Waals surface area (Å²) in [6.07, 6.45) is 0.603. The second kappa shape index (κ2) is 14.5. The fourth-order valence-electron chi connectivity index (χ4n) is 5.24. The molecule has 0 saturated heterocycles. The number of aryl methyl sites for hydroxylation is 1. The highest BCUT2D eigenvalue weighted by Crippen LogP contribution is 2.41. The van der Waals surface area contributed by atoms with Crippen molar-refractivity contribution in [3.8, 4) is 11.5 Å². The van der Waals surface area contributed by atoms with Gasteiger partial charge in [0.05, 0.1) is 17.9 Å². The molecule has 3 rings (SSSR count). The highest BCUT2D eigenvalue weighted by molar-refractivity contribution is 7.91. The van der Waals surface area contributed by atoms with Crippen molar-refractivity contribution in [1.29, 1.82) is 0 Å². The van der Waals surface area contributed by atoms with Gasteiger partial charge in [-0.3, -0.25) is 0 Å². The number of fused-ring (bicyclic) bond motifs is 1. The number of phenols is 2. The lowest BCUT2D eigenvalue weighted by atomic mass is 9.88. The number of aromatic hydroxyl groups is 2. The van der Waals surface area contributed by atoms with Crippen molar-refractivity contribution in [2.45, 2.75) is 70.4 Å². The minimum absolute atomic E-state index is 0.267. The smallest absolute Gasteiger partial charge is 0.390 e. The zero-order valence-electron chi connectivity index (χ0n) is 23.2. The predicted octanol–water partition coefficient (Wildman–Crippen LogP) is 7.26. The third-order valence-electron chi connectivity index (χ3n) is 7.44. The minimum atomic E-state index is -4.48. The summed E-state index contributed by atoms with van der Waals surface area (Å²) in [5.41, 5.74) is 4.10. The van der Waals surface area contributed by atoms with Gasteiger partial charge in [0.2, 0.25) is 0 Å². The highest BCUT2D eigenvalue weighted by atomic mass is 32.2. The standard InChI is InChI=1S/C30H38F5NO4S/c1-36(15-7-16-41(39,40)17-13-30(33,34)35)14-5-3-2-4-9-24-23(22-11-12-26(31)28(37)19-22)10-6-8-21-18-29(38)27(32)20-25(21)24/h11-12,18-20,37-38H,2-10,13-17H2,1H3. The summed E-state index contributed by atoms with van der Waals surface area (Å²) in [5.74, 6) is -3.41. The summed E-state index contributed by atoms with van der Waals surface area (Å²) in [6.45, 7) is 1.19. The molecule has 0 aromatic heterocycles. The Morgan fingerprint density at radius 3 is 2.24 bits per heavy atom. The van der Waals surface area contributed by atoms with Crippen LogP contribution in [-0.4, -0.2) is 61.3 Å². The van der Waals surface area contributed by atoms with Crippen LogP contribution in [0.5, 0.6) is 11.5 Å². The maximum Gasteiger partial charge on any atom is 0.390 e. The lowest BCUT2D eigenvalue weighted by Gasteiger charge is -2.18. The molecule has 0 radical (unpaired) electrons. The van der Waals surface area contributed by atoms with Crippen LogP contribution in [0, 0.1) is 11.6 Å². The van der Waals surface area contributed by atoms with Crippen molar-refractivity contribution in [3.05, 3.63) is 58.7 Å². The van der Waals surface area contributed by atoms with Gasteiger partial charge in [-0.2, -0.15) is 13.2 Å². The Morgan fingerprint density at radius 2 is 1.54 bits per heavy atom. The molecule has 0 heterocycles. The number of allylic oxidation sites excluding steroid dienone is 2. The van der Waals surface area contributed by atoms with Crippen molar-refractivity contribution < 1.29 is 40.6 Å². The second-order valence-electron chi connectivity index (χ2n) is 10.8. The fourth-order valence-corrected chi connectivity index (χ4v) is 6.56. The molecule has 1 aliphatic carbocycles. The highest BCUT2D eigenvalue weighted by Gasteiger charge is 2.29. The Bertz CT molecular complexity index is 1320. The molecular weight excluding hydrogens is 565 g/mol. The molecule has 0 aliphatic heterocycles. The molecule has 0 unspecified atom stereocenters. The van der Waals surface area contributed by atoms with Gasteiger partial charge in [0.1, 0.15) is 0 Å². The molecule has 0 bridgehead atoms. The van der Waals surface area contributed by atoms with Gasteiger partial charge in [-0.15, -0.1) is 0 Å². The van der Waals surface area contributed by atoms with Crippen LogP contribution in [0.3, 0.4) is 0 Å². The van der Waals surface area contributed by atoms with Crippen molar-refractivity contribution in [2.24, 2.45) is 0 Å². The fraction of sp³-hybridized carbons (Fsp3) is 0.533. The minimum Gasteiger partial charge on any atom is -0.505 e. The number of nitrogens with zero attached hydrogens (tertiary/aromatic N) is 1. The van der Waals surface area contributed by atoms with Crippen LogP contribution in [0.1, 0.15) is 74.5 Å². The zero-order chi connectivity index (χ0) is 30.2. The van der Waals surface area contributed by atoms with Crippen LogP contribution in [-0.2, 0) is 16.3 Å². The number of benzene rings is 2. The summed E-state index contributed by atoms with van der Waals surface area (Å²) in [6, 6.07) is 7.04. The Labute approximate surface area is 238 Å². The Balaban J connectivity index is 1.55.